The molecule has 2 aliphatic rings. The van der Waals surface area contributed by atoms with E-state index in [1.807, 2.05) is 0 Å². The smallest absolute Gasteiger partial charge is 0.322 e. The number of aryl methyl sites for hydroxylation is 1. The quantitative estimate of drug-likeness (QED) is 0.178. The van der Waals surface area contributed by atoms with Gasteiger partial charge in [-0.05, 0) is 43.9 Å². The lowest BCUT2D eigenvalue weighted by atomic mass is 10.1. The van der Waals surface area contributed by atoms with Crippen LogP contribution in [0.2, 0.25) is 0 Å². The molecule has 0 spiro atoms. The molecule has 5 amide bonds. The molecule has 40 heavy (non-hydrogen) atoms. The number of nitrogens with one attached hydrogen (secondary N) is 3. The highest BCUT2D eigenvalue weighted by Gasteiger charge is 2.44. The van der Waals surface area contributed by atoms with Crippen LogP contribution in [0, 0.1) is 0 Å². The summed E-state index contributed by atoms with van der Waals surface area (Å²) in [6.07, 6.45) is 0.664. The van der Waals surface area contributed by atoms with E-state index < -0.39 is 66.9 Å². The maximum atomic E-state index is 13.5. The number of hydrogen-bond donors (Lipinski definition) is 6. The molecule has 0 unspecified atom stereocenters. The lowest BCUT2D eigenvalue weighted by Gasteiger charge is -2.31. The summed E-state index contributed by atoms with van der Waals surface area (Å²) in [5, 5.41) is 35.1. The molecule has 0 aromatic heterocycles. The van der Waals surface area contributed by atoms with Gasteiger partial charge in [-0.25, -0.2) is 0 Å². The highest BCUT2D eigenvalue weighted by atomic mass is 16.4. The van der Waals surface area contributed by atoms with E-state index in [1.165, 1.54) is 28.9 Å². The fourth-order valence-electron chi connectivity index (χ4n) is 4.84. The van der Waals surface area contributed by atoms with Crippen LogP contribution >= 0.6 is 0 Å². The third-order valence-corrected chi connectivity index (χ3v) is 6.89. The van der Waals surface area contributed by atoms with Crippen LogP contribution in [-0.2, 0) is 35.2 Å². The SMILES string of the molecule is C[C@H](NC(=O)CNC(=O)[C@@H]1C[C@@H](O)CN1C(=O)[C@@H]1CCCN1C(=O)CCc1ccc(O)cc1)C(=O)NCC(=O)O. The first-order chi connectivity index (χ1) is 19.0. The fourth-order valence-corrected chi connectivity index (χ4v) is 4.84. The Kier molecular flexibility index (Phi) is 10.4. The number of carbonyl (C=O) groups is 6. The molecule has 6 N–H and O–H groups in total. The molecule has 0 aliphatic carbocycles. The number of aliphatic hydroxyl groups excluding tert-OH is 1. The van der Waals surface area contributed by atoms with Gasteiger partial charge in [0.1, 0.15) is 30.4 Å². The third kappa shape index (κ3) is 8.15. The van der Waals surface area contributed by atoms with Crippen molar-refractivity contribution in [2.75, 3.05) is 26.2 Å². The first-order valence-corrected chi connectivity index (χ1v) is 13.1. The molecular weight excluding hydrogens is 526 g/mol. The number of phenols is 1. The van der Waals surface area contributed by atoms with Gasteiger partial charge in [0.2, 0.25) is 29.5 Å². The standard InChI is InChI=1S/C26H35N5O9/c1-15(24(38)28-13-23(36)37)29-21(34)12-27-25(39)20-11-18(33)14-31(20)26(40)19-3-2-10-30(19)22(35)9-6-16-4-7-17(32)8-5-16/h4-5,7-8,15,18-20,32-33H,2-3,6,9-14H2,1H3,(H,27,39)(H,28,38)(H,29,34)(H,36,37)/t15-,18+,19-,20-/m0/s1. The summed E-state index contributed by atoms with van der Waals surface area (Å²) in [6, 6.07) is 3.67. The number of benzene rings is 1. The Morgan fingerprint density at radius 1 is 1.00 bits per heavy atom. The predicted octanol–water partition coefficient (Wildman–Crippen LogP) is -1.90. The lowest BCUT2D eigenvalue weighted by Crippen LogP contribution is -2.54. The summed E-state index contributed by atoms with van der Waals surface area (Å²) >= 11 is 0. The number of carbonyl (C=O) groups excluding carboxylic acids is 5. The molecule has 0 saturated carbocycles. The van der Waals surface area contributed by atoms with Crippen molar-refractivity contribution in [1.82, 2.24) is 25.8 Å². The summed E-state index contributed by atoms with van der Waals surface area (Å²) in [5.41, 5.74) is 0.868. The van der Waals surface area contributed by atoms with Gasteiger partial charge < -0.3 is 41.1 Å². The van der Waals surface area contributed by atoms with E-state index in [9.17, 15) is 39.0 Å². The average molecular weight is 562 g/mol. The molecule has 0 bridgehead atoms. The lowest BCUT2D eigenvalue weighted by molar-refractivity contribution is -0.146. The number of rotatable bonds is 11. The fraction of sp³-hybridized carbons (Fsp3) is 0.538. The molecule has 14 heteroatoms. The highest BCUT2D eigenvalue weighted by molar-refractivity contribution is 5.95. The molecule has 1 aromatic rings. The van der Waals surface area contributed by atoms with E-state index >= 15 is 0 Å². The number of carboxylic acids is 1. The molecule has 2 heterocycles. The van der Waals surface area contributed by atoms with Crippen molar-refractivity contribution in [3.63, 3.8) is 0 Å². The molecule has 4 atom stereocenters. The Labute approximate surface area is 230 Å². The number of aromatic hydroxyl groups is 1. The number of phenolic OH excluding ortho intramolecular Hbond substituents is 1. The average Bonchev–Trinajstić information content (AvgIpc) is 3.56. The topological polar surface area (TPSA) is 206 Å². The van der Waals surface area contributed by atoms with Gasteiger partial charge in [-0.3, -0.25) is 28.8 Å². The van der Waals surface area contributed by atoms with Crippen LogP contribution < -0.4 is 16.0 Å². The number of nitrogens with zero attached hydrogens (tertiary/aromatic N) is 2. The van der Waals surface area contributed by atoms with Crippen LogP contribution in [0.3, 0.4) is 0 Å². The highest BCUT2D eigenvalue weighted by Crippen LogP contribution is 2.26. The number of aliphatic hydroxyl groups is 1. The molecule has 2 aliphatic heterocycles. The zero-order chi connectivity index (χ0) is 29.4. The number of aliphatic carboxylic acids is 1. The van der Waals surface area contributed by atoms with E-state index in [0.29, 0.717) is 25.8 Å². The zero-order valence-electron chi connectivity index (χ0n) is 22.2. The van der Waals surface area contributed by atoms with Gasteiger partial charge in [0.15, 0.2) is 0 Å². The van der Waals surface area contributed by atoms with Gasteiger partial charge in [0.05, 0.1) is 12.6 Å². The normalized spacial score (nSPS) is 21.0. The number of likely N-dealkylation sites (tertiary alicyclic amines) is 2. The summed E-state index contributed by atoms with van der Waals surface area (Å²) in [7, 11) is 0. The van der Waals surface area contributed by atoms with Crippen LogP contribution in [0.25, 0.3) is 0 Å². The Morgan fingerprint density at radius 2 is 1.70 bits per heavy atom. The van der Waals surface area contributed by atoms with E-state index in [-0.39, 0.29) is 31.0 Å². The monoisotopic (exact) mass is 561 g/mol. The van der Waals surface area contributed by atoms with E-state index in [1.54, 1.807) is 12.1 Å². The summed E-state index contributed by atoms with van der Waals surface area (Å²) in [6.45, 7) is 0.553. The molecule has 1 aromatic carbocycles. The van der Waals surface area contributed by atoms with Crippen molar-refractivity contribution >= 4 is 35.5 Å². The van der Waals surface area contributed by atoms with Gasteiger partial charge in [0.25, 0.3) is 0 Å². The number of β-amino-alcohol motifs (C(OH)–C–C–N with tert-alkyl or cyclic N) is 1. The number of amides is 5. The van der Waals surface area contributed by atoms with Gasteiger partial charge in [-0.2, -0.15) is 0 Å². The first kappa shape index (κ1) is 30.3. The summed E-state index contributed by atoms with van der Waals surface area (Å²) in [5.74, 6) is -3.84. The van der Waals surface area contributed by atoms with Crippen molar-refractivity contribution in [1.29, 1.82) is 0 Å². The predicted molar refractivity (Wildman–Crippen MR) is 139 cm³/mol. The van der Waals surface area contributed by atoms with Crippen LogP contribution in [0.5, 0.6) is 5.75 Å². The second-order valence-corrected chi connectivity index (χ2v) is 9.93. The summed E-state index contributed by atoms with van der Waals surface area (Å²) in [4.78, 5) is 76.6. The zero-order valence-corrected chi connectivity index (χ0v) is 22.2. The summed E-state index contributed by atoms with van der Waals surface area (Å²) < 4.78 is 0. The maximum absolute atomic E-state index is 13.5. The Hall–Kier alpha value is -4.20. The second kappa shape index (κ2) is 13.7. The van der Waals surface area contributed by atoms with Crippen molar-refractivity contribution in [3.05, 3.63) is 29.8 Å². The Bertz CT molecular complexity index is 1130. The largest absolute Gasteiger partial charge is 0.508 e. The molecule has 3 rings (SSSR count). The maximum Gasteiger partial charge on any atom is 0.322 e. The van der Waals surface area contributed by atoms with Crippen molar-refractivity contribution < 1.29 is 44.1 Å². The molecular formula is C26H35N5O9. The van der Waals surface area contributed by atoms with Crippen molar-refractivity contribution in [3.8, 4) is 5.75 Å². The van der Waals surface area contributed by atoms with Crippen LogP contribution in [-0.4, -0.2) is 111 Å². The van der Waals surface area contributed by atoms with Crippen LogP contribution in [0.1, 0.15) is 38.2 Å². The minimum atomic E-state index is -1.24. The third-order valence-electron chi connectivity index (χ3n) is 6.89. The minimum absolute atomic E-state index is 0.0330. The Balaban J connectivity index is 1.53. The van der Waals surface area contributed by atoms with Gasteiger partial charge in [0, 0.05) is 25.9 Å². The van der Waals surface area contributed by atoms with Crippen molar-refractivity contribution in [2.24, 2.45) is 0 Å². The van der Waals surface area contributed by atoms with Gasteiger partial charge in [-0.15, -0.1) is 0 Å². The van der Waals surface area contributed by atoms with Crippen molar-refractivity contribution in [2.45, 2.75) is 63.3 Å². The van der Waals surface area contributed by atoms with Gasteiger partial charge in [-0.1, -0.05) is 12.1 Å². The second-order valence-electron chi connectivity index (χ2n) is 9.93. The van der Waals surface area contributed by atoms with E-state index in [4.69, 9.17) is 5.11 Å². The van der Waals surface area contributed by atoms with E-state index in [0.717, 1.165) is 5.56 Å². The number of hydrogen-bond acceptors (Lipinski definition) is 8. The molecule has 14 nitrogen and oxygen atoms in total. The molecule has 218 valence electrons. The van der Waals surface area contributed by atoms with Crippen LogP contribution in [0.4, 0.5) is 0 Å². The molecule has 0 radical (unpaired) electrons. The molecule has 2 saturated heterocycles. The minimum Gasteiger partial charge on any atom is -0.508 e. The number of carboxylic acid groups (broad SMARTS) is 1. The first-order valence-electron chi connectivity index (χ1n) is 13.1. The Morgan fingerprint density at radius 3 is 2.38 bits per heavy atom. The van der Waals surface area contributed by atoms with Gasteiger partial charge >= 0.3 is 5.97 Å². The van der Waals surface area contributed by atoms with E-state index in [2.05, 4.69) is 16.0 Å². The molecule has 2 fully saturated rings. The van der Waals surface area contributed by atoms with Crippen LogP contribution in [0.15, 0.2) is 24.3 Å².